The summed E-state index contributed by atoms with van der Waals surface area (Å²) in [5.41, 5.74) is 0.0534. The highest BCUT2D eigenvalue weighted by molar-refractivity contribution is 5.92. The molecule has 0 amide bonds. The number of hydrogen-bond acceptors (Lipinski definition) is 4. The summed E-state index contributed by atoms with van der Waals surface area (Å²) in [6, 6.07) is 0. The lowest BCUT2D eigenvalue weighted by Gasteiger charge is -2.06. The van der Waals surface area contributed by atoms with Crippen molar-refractivity contribution < 1.29 is 9.90 Å². The molecule has 1 aromatic heterocycles. The number of nitrogens with one attached hydrogen (secondary N) is 1. The van der Waals surface area contributed by atoms with E-state index in [1.54, 1.807) is 6.92 Å². The Balaban J connectivity index is 2.88. The normalized spacial score (nSPS) is 9.33. The number of aryl methyl sites for hydroxylation is 1. The summed E-state index contributed by atoms with van der Waals surface area (Å²) < 4.78 is 0. The van der Waals surface area contributed by atoms with Crippen molar-refractivity contribution in [3.8, 4) is 12.3 Å². The zero-order chi connectivity index (χ0) is 11.3. The number of nitrogens with zero attached hydrogens (tertiary/aromatic N) is 2. The Kier molecular flexibility index (Phi) is 3.63. The molecule has 0 aliphatic heterocycles. The van der Waals surface area contributed by atoms with Crippen molar-refractivity contribution >= 4 is 11.8 Å². The van der Waals surface area contributed by atoms with E-state index in [9.17, 15) is 4.79 Å². The number of terminal acetylenes is 1. The van der Waals surface area contributed by atoms with Crippen molar-refractivity contribution in [3.63, 3.8) is 0 Å². The maximum atomic E-state index is 10.8. The molecule has 0 aliphatic carbocycles. The summed E-state index contributed by atoms with van der Waals surface area (Å²) >= 11 is 0. The van der Waals surface area contributed by atoms with E-state index in [0.29, 0.717) is 24.6 Å². The first-order chi connectivity index (χ1) is 7.15. The quantitative estimate of drug-likeness (QED) is 0.564. The van der Waals surface area contributed by atoms with Crippen LogP contribution in [0.25, 0.3) is 0 Å². The molecular formula is C10H11N3O2. The largest absolute Gasteiger partial charge is 0.477 e. The molecule has 1 heterocycles. The molecule has 0 unspecified atom stereocenters. The van der Waals surface area contributed by atoms with Gasteiger partial charge in [-0.25, -0.2) is 14.8 Å². The van der Waals surface area contributed by atoms with Crippen LogP contribution in [0.2, 0.25) is 0 Å². The average molecular weight is 205 g/mol. The van der Waals surface area contributed by atoms with Crippen LogP contribution in [0.4, 0.5) is 5.82 Å². The van der Waals surface area contributed by atoms with Crippen LogP contribution in [0.5, 0.6) is 0 Å². The zero-order valence-electron chi connectivity index (χ0n) is 8.32. The lowest BCUT2D eigenvalue weighted by Crippen LogP contribution is -2.10. The van der Waals surface area contributed by atoms with Crippen LogP contribution in [0, 0.1) is 19.3 Å². The number of carbonyl (C=O) groups is 1. The minimum Gasteiger partial charge on any atom is -0.477 e. The third-order valence-electron chi connectivity index (χ3n) is 1.70. The minimum absolute atomic E-state index is 0.0534. The predicted molar refractivity (Wildman–Crippen MR) is 55.7 cm³/mol. The zero-order valence-corrected chi connectivity index (χ0v) is 8.32. The van der Waals surface area contributed by atoms with Gasteiger partial charge in [0.25, 0.3) is 0 Å². The van der Waals surface area contributed by atoms with Crippen molar-refractivity contribution in [3.05, 3.63) is 17.6 Å². The third kappa shape index (κ3) is 2.95. The monoisotopic (exact) mass is 205 g/mol. The fourth-order valence-electron chi connectivity index (χ4n) is 1.01. The molecule has 1 rings (SSSR count). The second kappa shape index (κ2) is 4.96. The Morgan fingerprint density at radius 1 is 1.73 bits per heavy atom. The van der Waals surface area contributed by atoms with E-state index >= 15 is 0 Å². The van der Waals surface area contributed by atoms with Gasteiger partial charge in [-0.2, -0.15) is 0 Å². The topological polar surface area (TPSA) is 75.1 Å². The molecule has 5 nitrogen and oxygen atoms in total. The first kappa shape index (κ1) is 11.0. The average Bonchev–Trinajstić information content (AvgIpc) is 2.18. The van der Waals surface area contributed by atoms with Crippen molar-refractivity contribution in [1.82, 2.24) is 9.97 Å². The molecule has 0 aromatic carbocycles. The molecule has 15 heavy (non-hydrogen) atoms. The summed E-state index contributed by atoms with van der Waals surface area (Å²) in [6.45, 7) is 2.19. The number of carboxylic acid groups (broad SMARTS) is 1. The molecule has 0 radical (unpaired) electrons. The van der Waals surface area contributed by atoms with Gasteiger partial charge in [-0.05, 0) is 6.92 Å². The number of anilines is 1. The van der Waals surface area contributed by atoms with E-state index < -0.39 is 5.97 Å². The van der Waals surface area contributed by atoms with Gasteiger partial charge < -0.3 is 10.4 Å². The molecule has 0 atom stereocenters. The van der Waals surface area contributed by atoms with Gasteiger partial charge in [0.05, 0.1) is 0 Å². The van der Waals surface area contributed by atoms with Crippen molar-refractivity contribution in [2.45, 2.75) is 13.3 Å². The Morgan fingerprint density at radius 3 is 3.07 bits per heavy atom. The molecule has 5 heteroatoms. The van der Waals surface area contributed by atoms with Crippen LogP contribution in [0.15, 0.2) is 6.20 Å². The standard InChI is InChI=1S/C10H11N3O2/c1-3-4-5-11-9-8(10(14)15)6-12-7(2)13-9/h1,6H,4-5H2,2H3,(H,14,15)(H,11,12,13). The van der Waals surface area contributed by atoms with Crippen LogP contribution in [0.1, 0.15) is 22.6 Å². The molecule has 0 fully saturated rings. The number of rotatable bonds is 4. The van der Waals surface area contributed by atoms with E-state index in [0.717, 1.165) is 0 Å². The van der Waals surface area contributed by atoms with Crippen LogP contribution in [-0.2, 0) is 0 Å². The third-order valence-corrected chi connectivity index (χ3v) is 1.70. The fourth-order valence-corrected chi connectivity index (χ4v) is 1.01. The molecule has 0 saturated carbocycles. The Morgan fingerprint density at radius 2 is 2.47 bits per heavy atom. The van der Waals surface area contributed by atoms with Crippen LogP contribution in [0.3, 0.4) is 0 Å². The van der Waals surface area contributed by atoms with Crippen molar-refractivity contribution in [2.24, 2.45) is 0 Å². The Bertz CT molecular complexity index is 410. The second-order valence-electron chi connectivity index (χ2n) is 2.87. The maximum absolute atomic E-state index is 10.8. The molecule has 1 aromatic rings. The van der Waals surface area contributed by atoms with E-state index in [1.807, 2.05) is 0 Å². The van der Waals surface area contributed by atoms with Crippen LogP contribution >= 0.6 is 0 Å². The molecule has 0 saturated heterocycles. The number of aromatic nitrogens is 2. The summed E-state index contributed by atoms with van der Waals surface area (Å²) in [5.74, 6) is 2.22. The predicted octanol–water partition coefficient (Wildman–Crippen LogP) is 0.918. The summed E-state index contributed by atoms with van der Waals surface area (Å²) in [4.78, 5) is 18.6. The highest BCUT2D eigenvalue weighted by Crippen LogP contribution is 2.11. The molecule has 0 spiro atoms. The van der Waals surface area contributed by atoms with E-state index in [2.05, 4.69) is 21.2 Å². The number of carboxylic acids is 1. The van der Waals surface area contributed by atoms with Gasteiger partial charge in [0.1, 0.15) is 17.2 Å². The smallest absolute Gasteiger partial charge is 0.341 e. The van der Waals surface area contributed by atoms with Crippen LogP contribution < -0.4 is 5.32 Å². The highest BCUT2D eigenvalue weighted by Gasteiger charge is 2.11. The van der Waals surface area contributed by atoms with Gasteiger partial charge in [0, 0.05) is 19.2 Å². The van der Waals surface area contributed by atoms with Crippen molar-refractivity contribution in [1.29, 1.82) is 0 Å². The first-order valence-corrected chi connectivity index (χ1v) is 4.39. The van der Waals surface area contributed by atoms with E-state index in [4.69, 9.17) is 11.5 Å². The lowest BCUT2D eigenvalue weighted by atomic mass is 10.3. The van der Waals surface area contributed by atoms with Gasteiger partial charge in [0.2, 0.25) is 0 Å². The molecule has 78 valence electrons. The highest BCUT2D eigenvalue weighted by atomic mass is 16.4. The Labute approximate surface area is 87.6 Å². The van der Waals surface area contributed by atoms with Gasteiger partial charge in [-0.15, -0.1) is 12.3 Å². The summed E-state index contributed by atoms with van der Waals surface area (Å²) in [5, 5.41) is 11.7. The minimum atomic E-state index is -1.06. The Hall–Kier alpha value is -2.09. The van der Waals surface area contributed by atoms with Gasteiger partial charge >= 0.3 is 5.97 Å². The first-order valence-electron chi connectivity index (χ1n) is 4.39. The fraction of sp³-hybridized carbons (Fsp3) is 0.300. The van der Waals surface area contributed by atoms with Crippen LogP contribution in [-0.4, -0.2) is 27.6 Å². The molecule has 0 aliphatic rings. The lowest BCUT2D eigenvalue weighted by molar-refractivity contribution is 0.0697. The number of aromatic carboxylic acids is 1. The van der Waals surface area contributed by atoms with Gasteiger partial charge in [-0.1, -0.05) is 0 Å². The number of hydrogen-bond donors (Lipinski definition) is 2. The second-order valence-corrected chi connectivity index (χ2v) is 2.87. The van der Waals surface area contributed by atoms with Gasteiger partial charge in [-0.3, -0.25) is 0 Å². The summed E-state index contributed by atoms with van der Waals surface area (Å²) in [7, 11) is 0. The summed E-state index contributed by atoms with van der Waals surface area (Å²) in [6.07, 6.45) is 6.88. The van der Waals surface area contributed by atoms with E-state index in [1.165, 1.54) is 6.20 Å². The van der Waals surface area contributed by atoms with Crippen molar-refractivity contribution in [2.75, 3.05) is 11.9 Å². The van der Waals surface area contributed by atoms with E-state index in [-0.39, 0.29) is 5.56 Å². The van der Waals surface area contributed by atoms with Gasteiger partial charge in [0.15, 0.2) is 0 Å². The molecule has 0 bridgehead atoms. The molecular weight excluding hydrogens is 194 g/mol. The maximum Gasteiger partial charge on any atom is 0.341 e. The SMILES string of the molecule is C#CCCNc1nc(C)ncc1C(=O)O. The molecule has 2 N–H and O–H groups in total.